The Morgan fingerprint density at radius 1 is 0.885 bits per heavy atom. The number of hydrogen-bond donors (Lipinski definition) is 0. The summed E-state index contributed by atoms with van der Waals surface area (Å²) in [7, 11) is 0. The van der Waals surface area contributed by atoms with E-state index in [1.54, 1.807) is 11.0 Å². The molecule has 0 aliphatic rings. The molecular weight excluding hydrogens is 390 g/mol. The monoisotopic (exact) mass is 405 g/mol. The molecule has 0 saturated heterocycles. The Morgan fingerprint density at radius 3 is 2.35 bits per heavy atom. The number of anilines is 1. The van der Waals surface area contributed by atoms with Crippen molar-refractivity contribution in [2.24, 2.45) is 0 Å². The minimum atomic E-state index is -0.169. The maximum Gasteiger partial charge on any atom is 0.294 e. The average Bonchev–Trinajstić information content (AvgIpc) is 3.11. The van der Waals surface area contributed by atoms with Gasteiger partial charge in [-0.05, 0) is 45.8 Å². The predicted molar refractivity (Wildman–Crippen MR) is 107 cm³/mol. The summed E-state index contributed by atoms with van der Waals surface area (Å²) in [6, 6.07) is 27.1. The van der Waals surface area contributed by atoms with Gasteiger partial charge in [0, 0.05) is 9.86 Å². The number of fused-ring (bicyclic) bond motifs is 1. The highest BCUT2D eigenvalue weighted by Crippen LogP contribution is 2.30. The van der Waals surface area contributed by atoms with Gasteiger partial charge < -0.3 is 9.32 Å². The molecule has 4 rings (SSSR count). The highest BCUT2D eigenvalue weighted by atomic mass is 79.9. The molecule has 0 fully saturated rings. The van der Waals surface area contributed by atoms with Gasteiger partial charge in [0.1, 0.15) is 5.58 Å². The number of carbonyl (C=O) groups is 1. The van der Waals surface area contributed by atoms with E-state index in [1.165, 1.54) is 0 Å². The van der Waals surface area contributed by atoms with E-state index in [0.29, 0.717) is 17.9 Å². The number of furan rings is 1. The van der Waals surface area contributed by atoms with E-state index in [-0.39, 0.29) is 5.91 Å². The third-order valence-corrected chi connectivity index (χ3v) is 4.88. The molecule has 4 aromatic rings. The van der Waals surface area contributed by atoms with Crippen LogP contribution in [-0.2, 0) is 6.54 Å². The van der Waals surface area contributed by atoms with Crippen molar-refractivity contribution in [2.45, 2.75) is 6.54 Å². The van der Waals surface area contributed by atoms with Gasteiger partial charge >= 0.3 is 0 Å². The van der Waals surface area contributed by atoms with E-state index in [1.807, 2.05) is 78.9 Å². The van der Waals surface area contributed by atoms with Gasteiger partial charge in [-0.2, -0.15) is 0 Å². The van der Waals surface area contributed by atoms with E-state index in [9.17, 15) is 4.79 Å². The lowest BCUT2D eigenvalue weighted by Crippen LogP contribution is -2.30. The van der Waals surface area contributed by atoms with Crippen LogP contribution >= 0.6 is 15.9 Å². The molecule has 0 aliphatic heterocycles. The molecule has 1 amide bonds. The van der Waals surface area contributed by atoms with Crippen LogP contribution in [0.5, 0.6) is 0 Å². The molecule has 0 radical (unpaired) electrons. The van der Waals surface area contributed by atoms with Gasteiger partial charge in [0.25, 0.3) is 5.91 Å². The molecule has 1 heterocycles. The lowest BCUT2D eigenvalue weighted by Gasteiger charge is -2.23. The van der Waals surface area contributed by atoms with Crippen molar-refractivity contribution in [1.29, 1.82) is 0 Å². The van der Waals surface area contributed by atoms with Crippen LogP contribution in [-0.4, -0.2) is 5.91 Å². The summed E-state index contributed by atoms with van der Waals surface area (Å²) in [5.41, 5.74) is 2.57. The Hall–Kier alpha value is -2.85. The van der Waals surface area contributed by atoms with Crippen LogP contribution in [0.3, 0.4) is 0 Å². The molecule has 3 aromatic carbocycles. The maximum atomic E-state index is 13.3. The molecule has 0 spiro atoms. The predicted octanol–water partition coefficient (Wildman–Crippen LogP) is 6.04. The van der Waals surface area contributed by atoms with Gasteiger partial charge in [-0.15, -0.1) is 0 Å². The first-order valence-electron chi connectivity index (χ1n) is 8.31. The van der Waals surface area contributed by atoms with Crippen LogP contribution < -0.4 is 4.90 Å². The fourth-order valence-electron chi connectivity index (χ4n) is 2.92. The Kier molecular flexibility index (Phi) is 4.59. The Balaban J connectivity index is 1.76. The topological polar surface area (TPSA) is 33.5 Å². The Labute approximate surface area is 160 Å². The van der Waals surface area contributed by atoms with Gasteiger partial charge in [-0.25, -0.2) is 0 Å². The largest absolute Gasteiger partial charge is 0.451 e. The molecule has 0 saturated carbocycles. The molecule has 4 heteroatoms. The number of carbonyl (C=O) groups excluding carboxylic acids is 1. The van der Waals surface area contributed by atoms with Crippen molar-refractivity contribution in [2.75, 3.05) is 4.90 Å². The van der Waals surface area contributed by atoms with E-state index in [0.717, 1.165) is 21.1 Å². The van der Waals surface area contributed by atoms with Crippen LogP contribution in [0.4, 0.5) is 5.69 Å². The van der Waals surface area contributed by atoms with Crippen molar-refractivity contribution in [1.82, 2.24) is 0 Å². The fraction of sp³-hybridized carbons (Fsp3) is 0.0455. The maximum absolute atomic E-state index is 13.3. The molecule has 0 unspecified atom stereocenters. The minimum absolute atomic E-state index is 0.169. The number of para-hydroxylation sites is 2. The molecule has 0 atom stereocenters. The number of hydrogen-bond acceptors (Lipinski definition) is 2. The van der Waals surface area contributed by atoms with E-state index < -0.39 is 0 Å². The summed E-state index contributed by atoms with van der Waals surface area (Å²) in [6.07, 6.45) is 0. The molecule has 26 heavy (non-hydrogen) atoms. The lowest BCUT2D eigenvalue weighted by atomic mass is 10.2. The van der Waals surface area contributed by atoms with Gasteiger partial charge in [0.15, 0.2) is 5.76 Å². The summed E-state index contributed by atoms with van der Waals surface area (Å²) >= 11 is 3.56. The third-order valence-electron chi connectivity index (χ3n) is 4.21. The van der Waals surface area contributed by atoms with Crippen LogP contribution in [0.1, 0.15) is 16.1 Å². The van der Waals surface area contributed by atoms with E-state index in [4.69, 9.17) is 4.42 Å². The highest BCUT2D eigenvalue weighted by molar-refractivity contribution is 9.10. The van der Waals surface area contributed by atoms with Crippen molar-refractivity contribution in [3.63, 3.8) is 0 Å². The van der Waals surface area contributed by atoms with Crippen molar-refractivity contribution in [3.8, 4) is 0 Å². The first-order valence-corrected chi connectivity index (χ1v) is 9.10. The quantitative estimate of drug-likeness (QED) is 0.414. The van der Waals surface area contributed by atoms with Crippen LogP contribution in [0.2, 0.25) is 0 Å². The second-order valence-corrected chi connectivity index (χ2v) is 6.83. The molecular formula is C22H16BrNO2. The number of halogens is 1. The summed E-state index contributed by atoms with van der Waals surface area (Å²) in [4.78, 5) is 15.0. The summed E-state index contributed by atoms with van der Waals surface area (Å²) in [5, 5.41) is 0.919. The lowest BCUT2D eigenvalue weighted by molar-refractivity contribution is 0.0960. The van der Waals surface area contributed by atoms with Gasteiger partial charge in [-0.3, -0.25) is 4.79 Å². The SMILES string of the molecule is O=C(c1cc2ccccc2o1)N(Cc1ccccc1)c1ccccc1Br. The molecule has 3 nitrogen and oxygen atoms in total. The van der Waals surface area contributed by atoms with Gasteiger partial charge in [0.05, 0.1) is 12.2 Å². The molecule has 0 aliphatic carbocycles. The number of nitrogens with zero attached hydrogens (tertiary/aromatic N) is 1. The third kappa shape index (κ3) is 3.28. The zero-order valence-electron chi connectivity index (χ0n) is 13.9. The number of amides is 1. The van der Waals surface area contributed by atoms with Crippen LogP contribution in [0.25, 0.3) is 11.0 Å². The van der Waals surface area contributed by atoms with Gasteiger partial charge in [0.2, 0.25) is 0 Å². The standard InChI is InChI=1S/C22H16BrNO2/c23-18-11-5-6-12-19(18)24(15-16-8-2-1-3-9-16)22(25)21-14-17-10-4-7-13-20(17)26-21/h1-14H,15H2. The van der Waals surface area contributed by atoms with E-state index in [2.05, 4.69) is 15.9 Å². The van der Waals surface area contributed by atoms with Crippen molar-refractivity contribution < 1.29 is 9.21 Å². The average molecular weight is 406 g/mol. The molecule has 1 aromatic heterocycles. The van der Waals surface area contributed by atoms with E-state index >= 15 is 0 Å². The zero-order chi connectivity index (χ0) is 17.9. The normalized spacial score (nSPS) is 10.8. The first kappa shape index (κ1) is 16.6. The second-order valence-electron chi connectivity index (χ2n) is 5.98. The summed E-state index contributed by atoms with van der Waals surface area (Å²) in [5.74, 6) is 0.162. The smallest absolute Gasteiger partial charge is 0.294 e. The molecule has 0 bridgehead atoms. The minimum Gasteiger partial charge on any atom is -0.451 e. The first-order chi connectivity index (χ1) is 12.7. The van der Waals surface area contributed by atoms with Crippen molar-refractivity contribution >= 4 is 38.5 Å². The zero-order valence-corrected chi connectivity index (χ0v) is 15.5. The Morgan fingerprint density at radius 2 is 1.58 bits per heavy atom. The fourth-order valence-corrected chi connectivity index (χ4v) is 3.42. The second kappa shape index (κ2) is 7.18. The number of benzene rings is 3. The summed E-state index contributed by atoms with van der Waals surface area (Å²) in [6.45, 7) is 0.458. The van der Waals surface area contributed by atoms with Crippen LogP contribution in [0, 0.1) is 0 Å². The highest BCUT2D eigenvalue weighted by Gasteiger charge is 2.23. The number of rotatable bonds is 4. The molecule has 128 valence electrons. The van der Waals surface area contributed by atoms with Gasteiger partial charge in [-0.1, -0.05) is 60.7 Å². The van der Waals surface area contributed by atoms with Crippen molar-refractivity contribution in [3.05, 3.63) is 101 Å². The summed E-state index contributed by atoms with van der Waals surface area (Å²) < 4.78 is 6.66. The van der Waals surface area contributed by atoms with Crippen LogP contribution in [0.15, 0.2) is 93.8 Å². The molecule has 0 N–H and O–H groups in total. The Bertz CT molecular complexity index is 1020.